The fourth-order valence-electron chi connectivity index (χ4n) is 4.03. The van der Waals surface area contributed by atoms with Gasteiger partial charge in [-0.2, -0.15) is 0 Å². The summed E-state index contributed by atoms with van der Waals surface area (Å²) in [6, 6.07) is 0.586. The first-order valence-electron chi connectivity index (χ1n) is 6.19. The van der Waals surface area contributed by atoms with Crippen LogP contribution in [0.4, 0.5) is 0 Å². The molecule has 0 aliphatic heterocycles. The number of allylic oxidation sites excluding steroid dienone is 2. The number of hydrogen-bond donors (Lipinski definition) is 3. The summed E-state index contributed by atoms with van der Waals surface area (Å²) >= 11 is 5.22. The Labute approximate surface area is 102 Å². The fraction of sp³-hybridized carbons (Fsp3) is 0.750. The lowest BCUT2D eigenvalue weighted by Crippen LogP contribution is -2.49. The van der Waals surface area contributed by atoms with Crippen molar-refractivity contribution < 1.29 is 0 Å². The number of rotatable bonds is 2. The zero-order valence-corrected chi connectivity index (χ0v) is 10.4. The third-order valence-electron chi connectivity index (χ3n) is 4.56. The van der Waals surface area contributed by atoms with E-state index in [1.54, 1.807) is 0 Å². The van der Waals surface area contributed by atoms with Gasteiger partial charge in [0.05, 0.1) is 0 Å². The van der Waals surface area contributed by atoms with Crippen LogP contribution in [0, 0.1) is 23.7 Å². The van der Waals surface area contributed by atoms with Crippen molar-refractivity contribution in [3.05, 3.63) is 12.2 Å². The van der Waals surface area contributed by atoms with Gasteiger partial charge in [0.25, 0.3) is 0 Å². The molecule has 16 heavy (non-hydrogen) atoms. The van der Waals surface area contributed by atoms with E-state index in [1.165, 1.54) is 19.3 Å². The summed E-state index contributed by atoms with van der Waals surface area (Å²) in [7, 11) is 1.84. The summed E-state index contributed by atoms with van der Waals surface area (Å²) in [5, 5.41) is 4.18. The lowest BCUT2D eigenvalue weighted by Gasteiger charge is -2.32. The van der Waals surface area contributed by atoms with E-state index >= 15 is 0 Å². The van der Waals surface area contributed by atoms with Crippen molar-refractivity contribution in [3.63, 3.8) is 0 Å². The Morgan fingerprint density at radius 3 is 3.00 bits per heavy atom. The van der Waals surface area contributed by atoms with E-state index in [2.05, 4.69) is 28.3 Å². The highest BCUT2D eigenvalue weighted by Gasteiger charge is 2.52. The van der Waals surface area contributed by atoms with Gasteiger partial charge in [-0.3, -0.25) is 5.43 Å². The van der Waals surface area contributed by atoms with E-state index in [0.29, 0.717) is 6.04 Å². The second kappa shape index (κ2) is 4.00. The SMILES string of the molecule is CNNC(=S)N[C@@H]1C[C@H]2C[C@@H]1[C@H]1C=CC[C@H]21. The molecule has 88 valence electrons. The normalized spacial score (nSPS) is 43.4. The van der Waals surface area contributed by atoms with Gasteiger partial charge in [0.15, 0.2) is 5.11 Å². The van der Waals surface area contributed by atoms with E-state index in [-0.39, 0.29) is 0 Å². The van der Waals surface area contributed by atoms with Crippen molar-refractivity contribution >= 4 is 17.3 Å². The first-order valence-corrected chi connectivity index (χ1v) is 6.60. The molecular weight excluding hydrogens is 218 g/mol. The quantitative estimate of drug-likeness (QED) is 0.383. The van der Waals surface area contributed by atoms with Crippen molar-refractivity contribution in [1.82, 2.24) is 16.2 Å². The minimum absolute atomic E-state index is 0.586. The Hall–Kier alpha value is -0.610. The average molecular weight is 237 g/mol. The summed E-state index contributed by atoms with van der Waals surface area (Å²) in [6.07, 6.45) is 8.84. The lowest BCUT2D eigenvalue weighted by molar-refractivity contribution is 0.245. The molecule has 2 saturated carbocycles. The third-order valence-corrected chi connectivity index (χ3v) is 4.78. The molecule has 0 radical (unpaired) electrons. The Kier molecular flexibility index (Phi) is 2.64. The third kappa shape index (κ3) is 1.55. The van der Waals surface area contributed by atoms with Crippen LogP contribution in [0.25, 0.3) is 0 Å². The molecule has 3 nitrogen and oxygen atoms in total. The number of nitrogens with one attached hydrogen (secondary N) is 3. The molecule has 4 heteroatoms. The standard InChI is InChI=1S/C12H19N3S/c1-13-15-12(16)14-11-6-7-5-10(11)9-4-2-3-8(7)9/h2,4,7-11,13H,3,5-6H2,1H3,(H2,14,15,16)/t7-,8-,9+,10-,11-/m1/s1. The van der Waals surface area contributed by atoms with Gasteiger partial charge in [-0.1, -0.05) is 12.2 Å². The smallest absolute Gasteiger partial charge is 0.181 e. The predicted octanol–water partition coefficient (Wildman–Crippen LogP) is 1.19. The van der Waals surface area contributed by atoms with Gasteiger partial charge in [-0.25, -0.2) is 5.43 Å². The van der Waals surface area contributed by atoms with Crippen LogP contribution in [0.1, 0.15) is 19.3 Å². The van der Waals surface area contributed by atoms with Crippen molar-refractivity contribution in [3.8, 4) is 0 Å². The van der Waals surface area contributed by atoms with E-state index in [1.807, 2.05) is 7.05 Å². The molecule has 0 aromatic rings. The molecule has 3 N–H and O–H groups in total. The Balaban J connectivity index is 1.63. The summed E-state index contributed by atoms with van der Waals surface area (Å²) in [4.78, 5) is 0. The monoisotopic (exact) mass is 237 g/mol. The lowest BCUT2D eigenvalue weighted by atomic mass is 9.79. The highest BCUT2D eigenvalue weighted by molar-refractivity contribution is 7.80. The molecule has 0 aromatic heterocycles. The summed E-state index contributed by atoms with van der Waals surface area (Å²) in [5.41, 5.74) is 5.81. The molecule has 0 spiro atoms. The Morgan fingerprint density at radius 2 is 2.19 bits per heavy atom. The Bertz CT molecular complexity index is 328. The zero-order chi connectivity index (χ0) is 11.1. The maximum absolute atomic E-state index is 5.22. The number of hydrogen-bond acceptors (Lipinski definition) is 2. The maximum atomic E-state index is 5.22. The van der Waals surface area contributed by atoms with Gasteiger partial charge in [0.1, 0.15) is 0 Å². The second-order valence-corrected chi connectivity index (χ2v) is 5.66. The van der Waals surface area contributed by atoms with Gasteiger partial charge in [0.2, 0.25) is 0 Å². The molecule has 5 atom stereocenters. The molecule has 0 aromatic carbocycles. The zero-order valence-electron chi connectivity index (χ0n) is 9.57. The minimum atomic E-state index is 0.586. The van der Waals surface area contributed by atoms with Crippen LogP contribution in [-0.2, 0) is 0 Å². The highest BCUT2D eigenvalue weighted by Crippen LogP contribution is 2.56. The van der Waals surface area contributed by atoms with E-state index < -0.39 is 0 Å². The van der Waals surface area contributed by atoms with E-state index in [4.69, 9.17) is 12.2 Å². The molecule has 2 bridgehead atoms. The van der Waals surface area contributed by atoms with Crippen LogP contribution in [0.5, 0.6) is 0 Å². The van der Waals surface area contributed by atoms with Crippen molar-refractivity contribution in [2.45, 2.75) is 25.3 Å². The summed E-state index contributed by atoms with van der Waals surface area (Å²) in [5.74, 6) is 3.52. The van der Waals surface area contributed by atoms with E-state index in [0.717, 1.165) is 28.8 Å². The number of thiocarbonyl (C=S) groups is 1. The minimum Gasteiger partial charge on any atom is -0.359 e. The van der Waals surface area contributed by atoms with Crippen molar-refractivity contribution in [1.29, 1.82) is 0 Å². The molecule has 3 aliphatic carbocycles. The molecule has 0 saturated heterocycles. The second-order valence-electron chi connectivity index (χ2n) is 5.26. The average Bonchev–Trinajstić information content (AvgIpc) is 2.86. The van der Waals surface area contributed by atoms with Gasteiger partial charge < -0.3 is 5.32 Å². The molecular formula is C12H19N3S. The van der Waals surface area contributed by atoms with E-state index in [9.17, 15) is 0 Å². The molecule has 0 unspecified atom stereocenters. The number of fused-ring (bicyclic) bond motifs is 5. The number of hydrazine groups is 1. The molecule has 3 rings (SSSR count). The van der Waals surface area contributed by atoms with Crippen LogP contribution in [-0.4, -0.2) is 18.2 Å². The van der Waals surface area contributed by atoms with Gasteiger partial charge in [-0.05, 0) is 55.2 Å². The van der Waals surface area contributed by atoms with Crippen LogP contribution in [0.15, 0.2) is 12.2 Å². The molecule has 2 fully saturated rings. The van der Waals surface area contributed by atoms with Crippen LogP contribution < -0.4 is 16.2 Å². The molecule has 0 amide bonds. The highest BCUT2D eigenvalue weighted by atomic mass is 32.1. The van der Waals surface area contributed by atoms with Crippen molar-refractivity contribution in [2.24, 2.45) is 23.7 Å². The molecule has 3 aliphatic rings. The largest absolute Gasteiger partial charge is 0.359 e. The fourth-order valence-corrected chi connectivity index (χ4v) is 4.28. The predicted molar refractivity (Wildman–Crippen MR) is 68.7 cm³/mol. The van der Waals surface area contributed by atoms with Gasteiger partial charge in [0, 0.05) is 13.1 Å². The maximum Gasteiger partial charge on any atom is 0.181 e. The topological polar surface area (TPSA) is 36.1 Å². The van der Waals surface area contributed by atoms with Gasteiger partial charge >= 0.3 is 0 Å². The Morgan fingerprint density at radius 1 is 1.31 bits per heavy atom. The van der Waals surface area contributed by atoms with Gasteiger partial charge in [-0.15, -0.1) is 0 Å². The van der Waals surface area contributed by atoms with Crippen LogP contribution >= 0.6 is 12.2 Å². The van der Waals surface area contributed by atoms with Crippen molar-refractivity contribution in [2.75, 3.05) is 7.05 Å². The first-order chi connectivity index (χ1) is 7.79. The first kappa shape index (κ1) is 10.5. The van der Waals surface area contributed by atoms with Crippen LogP contribution in [0.3, 0.4) is 0 Å². The summed E-state index contributed by atoms with van der Waals surface area (Å²) in [6.45, 7) is 0. The molecule has 0 heterocycles. The summed E-state index contributed by atoms with van der Waals surface area (Å²) < 4.78 is 0. The van der Waals surface area contributed by atoms with Crippen LogP contribution in [0.2, 0.25) is 0 Å².